The Morgan fingerprint density at radius 1 is 1.24 bits per heavy atom. The molecule has 4 aliphatic rings. The summed E-state index contributed by atoms with van der Waals surface area (Å²) in [6, 6.07) is 1.37. The minimum atomic E-state index is -2.98. The van der Waals surface area contributed by atoms with Gasteiger partial charge in [-0.2, -0.15) is 0 Å². The molecule has 0 radical (unpaired) electrons. The summed E-state index contributed by atoms with van der Waals surface area (Å²) in [5.41, 5.74) is 0. The second-order valence-electron chi connectivity index (χ2n) is 6.09. The Hall–Kier alpha value is -0.130. The molecular formula is C12H22N2O2S. The molecule has 2 aliphatic heterocycles. The lowest BCUT2D eigenvalue weighted by Gasteiger charge is -2.59. The number of hydrogen-bond acceptors (Lipinski definition) is 3. The van der Waals surface area contributed by atoms with Crippen molar-refractivity contribution in [3.8, 4) is 0 Å². The van der Waals surface area contributed by atoms with Crippen molar-refractivity contribution in [3.63, 3.8) is 0 Å². The van der Waals surface area contributed by atoms with Crippen LogP contribution >= 0.6 is 0 Å². The van der Waals surface area contributed by atoms with Crippen molar-refractivity contribution >= 4 is 10.0 Å². The van der Waals surface area contributed by atoms with Gasteiger partial charge >= 0.3 is 0 Å². The average Bonchev–Trinajstić information content (AvgIpc) is 3.13. The van der Waals surface area contributed by atoms with Crippen LogP contribution in [-0.4, -0.2) is 44.2 Å². The van der Waals surface area contributed by atoms with Gasteiger partial charge in [-0.25, -0.2) is 13.1 Å². The topological polar surface area (TPSA) is 49.4 Å². The standard InChI is InChI=1S/C12H22N2O2S/c1-8-11-5-9(6-12(8)14(11)2)7-13-17(15,16)10-3-4-10/h8-13H,3-7H2,1-2H3. The molecule has 2 saturated heterocycles. The van der Waals surface area contributed by atoms with Crippen LogP contribution in [0.4, 0.5) is 0 Å². The molecule has 5 heteroatoms. The third-order valence-electron chi connectivity index (χ3n) is 4.95. The van der Waals surface area contributed by atoms with Crippen LogP contribution in [0.5, 0.6) is 0 Å². The number of piperidine rings is 1. The molecule has 4 nitrogen and oxygen atoms in total. The van der Waals surface area contributed by atoms with Gasteiger partial charge in [0.05, 0.1) is 5.25 Å². The minimum Gasteiger partial charge on any atom is -0.300 e. The highest BCUT2D eigenvalue weighted by atomic mass is 32.2. The molecule has 2 saturated carbocycles. The van der Waals surface area contributed by atoms with E-state index in [0.717, 1.165) is 31.6 Å². The van der Waals surface area contributed by atoms with Crippen molar-refractivity contribution in [2.75, 3.05) is 13.6 Å². The molecule has 2 unspecified atom stereocenters. The summed E-state index contributed by atoms with van der Waals surface area (Å²) in [7, 11) is -0.785. The lowest BCUT2D eigenvalue weighted by Crippen LogP contribution is -2.65. The Labute approximate surface area is 104 Å². The molecule has 1 N–H and O–H groups in total. The summed E-state index contributed by atoms with van der Waals surface area (Å²) in [5.74, 6) is 1.35. The molecule has 2 heterocycles. The van der Waals surface area contributed by atoms with Crippen molar-refractivity contribution in [3.05, 3.63) is 0 Å². The molecule has 0 aromatic heterocycles. The predicted molar refractivity (Wildman–Crippen MR) is 67.2 cm³/mol. The molecule has 98 valence electrons. The molecule has 4 fully saturated rings. The van der Waals surface area contributed by atoms with Gasteiger partial charge in [0.15, 0.2) is 0 Å². The second kappa shape index (κ2) is 3.93. The monoisotopic (exact) mass is 258 g/mol. The Balaban J connectivity index is 1.52. The second-order valence-corrected chi connectivity index (χ2v) is 8.13. The van der Waals surface area contributed by atoms with Crippen molar-refractivity contribution < 1.29 is 8.42 Å². The average molecular weight is 258 g/mol. The number of fused-ring (bicyclic) bond motifs is 2. The third-order valence-corrected chi connectivity index (χ3v) is 6.86. The molecule has 0 amide bonds. The zero-order valence-electron chi connectivity index (χ0n) is 10.6. The van der Waals surface area contributed by atoms with Gasteiger partial charge in [-0.3, -0.25) is 4.90 Å². The molecular weight excluding hydrogens is 236 g/mol. The van der Waals surface area contributed by atoms with E-state index < -0.39 is 10.0 Å². The molecule has 0 spiro atoms. The zero-order valence-corrected chi connectivity index (χ0v) is 11.4. The van der Waals surface area contributed by atoms with E-state index >= 15 is 0 Å². The summed E-state index contributed by atoms with van der Waals surface area (Å²) in [4.78, 5) is 2.45. The van der Waals surface area contributed by atoms with Gasteiger partial charge in [0, 0.05) is 18.6 Å². The fourth-order valence-corrected chi connectivity index (χ4v) is 5.04. The van der Waals surface area contributed by atoms with Gasteiger partial charge in [-0.05, 0) is 44.6 Å². The molecule has 2 aliphatic carbocycles. The van der Waals surface area contributed by atoms with E-state index in [4.69, 9.17) is 0 Å². The van der Waals surface area contributed by atoms with Crippen molar-refractivity contribution in [1.82, 2.24) is 9.62 Å². The van der Waals surface area contributed by atoms with Crippen LogP contribution < -0.4 is 4.72 Å². The normalized spacial score (nSPS) is 42.2. The predicted octanol–water partition coefficient (Wildman–Crippen LogP) is 0.797. The van der Waals surface area contributed by atoms with Gasteiger partial charge in [0.1, 0.15) is 0 Å². The molecule has 17 heavy (non-hydrogen) atoms. The number of nitrogens with zero attached hydrogens (tertiary/aromatic N) is 1. The molecule has 0 aromatic carbocycles. The maximum Gasteiger partial charge on any atom is 0.214 e. The third kappa shape index (κ3) is 2.02. The van der Waals surface area contributed by atoms with Crippen LogP contribution in [0.2, 0.25) is 0 Å². The van der Waals surface area contributed by atoms with E-state index in [1.165, 1.54) is 0 Å². The van der Waals surface area contributed by atoms with Crippen LogP contribution in [0, 0.1) is 11.8 Å². The van der Waals surface area contributed by atoms with E-state index in [2.05, 4.69) is 23.6 Å². The SMILES string of the molecule is CC1C2CC(CNS(=O)(=O)C3CC3)CC1N2C. The number of nitrogens with one attached hydrogen (secondary N) is 1. The van der Waals surface area contributed by atoms with E-state index in [1.807, 2.05) is 0 Å². The van der Waals surface area contributed by atoms with Crippen LogP contribution in [0.25, 0.3) is 0 Å². The molecule has 0 aromatic rings. The van der Waals surface area contributed by atoms with Gasteiger partial charge in [0.25, 0.3) is 0 Å². The van der Waals surface area contributed by atoms with Gasteiger partial charge in [-0.1, -0.05) is 6.92 Å². The van der Waals surface area contributed by atoms with Crippen LogP contribution in [-0.2, 0) is 10.0 Å². The lowest BCUT2D eigenvalue weighted by atomic mass is 9.67. The Morgan fingerprint density at radius 2 is 1.82 bits per heavy atom. The van der Waals surface area contributed by atoms with Crippen LogP contribution in [0.3, 0.4) is 0 Å². The fourth-order valence-electron chi connectivity index (χ4n) is 3.58. The maximum atomic E-state index is 11.7. The zero-order chi connectivity index (χ0) is 12.2. The first-order valence-electron chi connectivity index (χ1n) is 6.69. The van der Waals surface area contributed by atoms with E-state index in [9.17, 15) is 8.42 Å². The summed E-state index contributed by atoms with van der Waals surface area (Å²) in [6.07, 6.45) is 4.01. The Bertz CT molecular complexity index is 381. The Morgan fingerprint density at radius 3 is 2.29 bits per heavy atom. The summed E-state index contributed by atoms with van der Waals surface area (Å²) in [6.45, 7) is 2.98. The lowest BCUT2D eigenvalue weighted by molar-refractivity contribution is -0.0859. The van der Waals surface area contributed by atoms with Crippen molar-refractivity contribution in [1.29, 1.82) is 0 Å². The Kier molecular flexibility index (Phi) is 2.76. The van der Waals surface area contributed by atoms with E-state index in [0.29, 0.717) is 24.5 Å². The molecule has 4 rings (SSSR count). The summed E-state index contributed by atoms with van der Waals surface area (Å²) >= 11 is 0. The van der Waals surface area contributed by atoms with Crippen molar-refractivity contribution in [2.45, 2.75) is 49.9 Å². The van der Waals surface area contributed by atoms with E-state index in [-0.39, 0.29) is 5.25 Å². The fraction of sp³-hybridized carbons (Fsp3) is 1.00. The highest BCUT2D eigenvalue weighted by Gasteiger charge is 2.49. The van der Waals surface area contributed by atoms with Crippen LogP contribution in [0.15, 0.2) is 0 Å². The first kappa shape index (κ1) is 11.9. The van der Waals surface area contributed by atoms with Gasteiger partial charge < -0.3 is 0 Å². The van der Waals surface area contributed by atoms with E-state index in [1.54, 1.807) is 0 Å². The molecule has 2 bridgehead atoms. The smallest absolute Gasteiger partial charge is 0.214 e. The molecule has 2 atom stereocenters. The number of sulfonamides is 1. The first-order chi connectivity index (χ1) is 7.99. The summed E-state index contributed by atoms with van der Waals surface area (Å²) in [5, 5.41) is -0.0813. The number of rotatable bonds is 4. The largest absolute Gasteiger partial charge is 0.300 e. The van der Waals surface area contributed by atoms with Gasteiger partial charge in [-0.15, -0.1) is 0 Å². The van der Waals surface area contributed by atoms with Crippen LogP contribution in [0.1, 0.15) is 32.6 Å². The maximum absolute atomic E-state index is 11.7. The summed E-state index contributed by atoms with van der Waals surface area (Å²) < 4.78 is 26.3. The van der Waals surface area contributed by atoms with Crippen molar-refractivity contribution in [2.24, 2.45) is 11.8 Å². The first-order valence-corrected chi connectivity index (χ1v) is 8.24. The number of hydrogen-bond donors (Lipinski definition) is 1. The quantitative estimate of drug-likeness (QED) is 0.811. The highest BCUT2D eigenvalue weighted by molar-refractivity contribution is 7.90. The minimum absolute atomic E-state index is 0.0813. The van der Waals surface area contributed by atoms with Gasteiger partial charge in [0.2, 0.25) is 10.0 Å². The highest BCUT2D eigenvalue weighted by Crippen LogP contribution is 2.44.